The normalized spacial score (nSPS) is 15.1. The number of fused-ring (bicyclic) bond motifs is 1. The van der Waals surface area contributed by atoms with Crippen LogP contribution in [0.1, 0.15) is 43.2 Å². The zero-order valence-electron chi connectivity index (χ0n) is 18.7. The standard InChI is InChI=1S/C28H33NO3/c30-28(31)24-14-16-29(17-15-24)21-23-10-11-26-20-27(13-12-25(26)19-23)32-18-6-2-5-9-22-7-3-1-4-8-22/h1,3-4,7-8,10-13,19-20,24H,2,5-6,9,14-18,21H2,(H,30,31). The highest BCUT2D eigenvalue weighted by Gasteiger charge is 2.24. The monoisotopic (exact) mass is 431 g/mol. The van der Waals surface area contributed by atoms with E-state index in [1.165, 1.54) is 34.7 Å². The molecule has 1 N–H and O–H groups in total. The summed E-state index contributed by atoms with van der Waals surface area (Å²) in [7, 11) is 0. The Morgan fingerprint density at radius 3 is 2.41 bits per heavy atom. The van der Waals surface area contributed by atoms with E-state index in [1.54, 1.807) is 0 Å². The Bertz CT molecular complexity index is 1010. The lowest BCUT2D eigenvalue weighted by Crippen LogP contribution is -2.35. The molecule has 1 fully saturated rings. The van der Waals surface area contributed by atoms with Gasteiger partial charge < -0.3 is 9.84 Å². The maximum Gasteiger partial charge on any atom is 0.306 e. The van der Waals surface area contributed by atoms with E-state index in [9.17, 15) is 4.79 Å². The summed E-state index contributed by atoms with van der Waals surface area (Å²) in [5.41, 5.74) is 2.69. The van der Waals surface area contributed by atoms with Crippen LogP contribution in [-0.4, -0.2) is 35.7 Å². The van der Waals surface area contributed by atoms with E-state index in [0.717, 1.165) is 57.7 Å². The highest BCUT2D eigenvalue weighted by Crippen LogP contribution is 2.24. The number of hydrogen-bond acceptors (Lipinski definition) is 3. The third-order valence-electron chi connectivity index (χ3n) is 6.44. The average Bonchev–Trinajstić information content (AvgIpc) is 2.82. The van der Waals surface area contributed by atoms with Crippen LogP contribution in [0.5, 0.6) is 5.75 Å². The van der Waals surface area contributed by atoms with Gasteiger partial charge in [-0.25, -0.2) is 0 Å². The second-order valence-corrected chi connectivity index (χ2v) is 8.88. The SMILES string of the molecule is O=C(O)C1CCN(Cc2ccc3cc(OCCCCCc4ccccc4)ccc3c2)CC1. The highest BCUT2D eigenvalue weighted by atomic mass is 16.5. The van der Waals surface area contributed by atoms with Crippen molar-refractivity contribution >= 4 is 16.7 Å². The molecule has 4 rings (SSSR count). The summed E-state index contributed by atoms with van der Waals surface area (Å²) in [5, 5.41) is 11.6. The van der Waals surface area contributed by atoms with Crippen LogP contribution < -0.4 is 4.74 Å². The van der Waals surface area contributed by atoms with Crippen LogP contribution in [0.15, 0.2) is 66.7 Å². The third kappa shape index (κ3) is 6.33. The Hall–Kier alpha value is -2.85. The topological polar surface area (TPSA) is 49.8 Å². The minimum Gasteiger partial charge on any atom is -0.494 e. The number of nitrogens with zero attached hydrogens (tertiary/aromatic N) is 1. The van der Waals surface area contributed by atoms with Gasteiger partial charge in [0, 0.05) is 6.54 Å². The Morgan fingerprint density at radius 2 is 1.62 bits per heavy atom. The van der Waals surface area contributed by atoms with Gasteiger partial charge in [0.1, 0.15) is 5.75 Å². The molecule has 4 heteroatoms. The second kappa shape index (κ2) is 11.1. The quantitative estimate of drug-likeness (QED) is 0.404. The third-order valence-corrected chi connectivity index (χ3v) is 6.44. The number of benzene rings is 3. The maximum atomic E-state index is 11.1. The molecule has 0 saturated carbocycles. The van der Waals surface area contributed by atoms with Gasteiger partial charge in [-0.3, -0.25) is 9.69 Å². The van der Waals surface area contributed by atoms with Crippen LogP contribution in [0, 0.1) is 5.92 Å². The van der Waals surface area contributed by atoms with Crippen molar-refractivity contribution < 1.29 is 14.6 Å². The van der Waals surface area contributed by atoms with Gasteiger partial charge in [0.15, 0.2) is 0 Å². The van der Waals surface area contributed by atoms with Gasteiger partial charge in [-0.2, -0.15) is 0 Å². The van der Waals surface area contributed by atoms with E-state index in [4.69, 9.17) is 9.84 Å². The van der Waals surface area contributed by atoms with Crippen molar-refractivity contribution in [2.24, 2.45) is 5.92 Å². The van der Waals surface area contributed by atoms with Gasteiger partial charge in [-0.15, -0.1) is 0 Å². The summed E-state index contributed by atoms with van der Waals surface area (Å²) in [6.45, 7) is 3.34. The van der Waals surface area contributed by atoms with Gasteiger partial charge in [0.2, 0.25) is 0 Å². The van der Waals surface area contributed by atoms with Gasteiger partial charge >= 0.3 is 5.97 Å². The van der Waals surface area contributed by atoms with Crippen LogP contribution in [0.25, 0.3) is 10.8 Å². The summed E-state index contributed by atoms with van der Waals surface area (Å²) in [6.07, 6.45) is 6.07. The van der Waals surface area contributed by atoms with E-state index in [0.29, 0.717) is 0 Å². The van der Waals surface area contributed by atoms with E-state index in [-0.39, 0.29) is 5.92 Å². The number of rotatable bonds is 10. The fourth-order valence-corrected chi connectivity index (χ4v) is 4.50. The summed E-state index contributed by atoms with van der Waals surface area (Å²) < 4.78 is 5.99. The number of carbonyl (C=O) groups is 1. The largest absolute Gasteiger partial charge is 0.494 e. The van der Waals surface area contributed by atoms with Gasteiger partial charge in [0.05, 0.1) is 12.5 Å². The number of carboxylic acids is 1. The first-order chi connectivity index (χ1) is 15.7. The zero-order chi connectivity index (χ0) is 22.2. The number of hydrogen-bond donors (Lipinski definition) is 1. The van der Waals surface area contributed by atoms with Crippen molar-refractivity contribution in [2.45, 2.75) is 45.1 Å². The van der Waals surface area contributed by atoms with E-state index in [1.807, 2.05) is 0 Å². The fourth-order valence-electron chi connectivity index (χ4n) is 4.50. The molecule has 168 valence electrons. The number of unbranched alkanes of at least 4 members (excludes halogenated alkanes) is 2. The molecule has 0 bridgehead atoms. The molecule has 0 atom stereocenters. The van der Waals surface area contributed by atoms with Crippen LogP contribution >= 0.6 is 0 Å². The number of aryl methyl sites for hydroxylation is 1. The Morgan fingerprint density at radius 1 is 0.875 bits per heavy atom. The smallest absolute Gasteiger partial charge is 0.306 e. The summed E-state index contributed by atoms with van der Waals surface area (Å²) >= 11 is 0. The van der Waals surface area contributed by atoms with Gasteiger partial charge in [-0.1, -0.05) is 48.5 Å². The molecule has 1 aliphatic heterocycles. The average molecular weight is 432 g/mol. The molecule has 0 spiro atoms. The summed E-state index contributed by atoms with van der Waals surface area (Å²) in [4.78, 5) is 13.5. The molecule has 4 nitrogen and oxygen atoms in total. The molecule has 0 amide bonds. The Balaban J connectivity index is 1.22. The van der Waals surface area contributed by atoms with Crippen molar-refractivity contribution in [1.82, 2.24) is 4.90 Å². The van der Waals surface area contributed by atoms with Crippen molar-refractivity contribution in [3.63, 3.8) is 0 Å². The summed E-state index contributed by atoms with van der Waals surface area (Å²) in [6, 6.07) is 23.6. The van der Waals surface area contributed by atoms with Crippen LogP contribution in [0.4, 0.5) is 0 Å². The molecular weight excluding hydrogens is 398 g/mol. The molecule has 0 aliphatic carbocycles. The predicted molar refractivity (Wildman–Crippen MR) is 129 cm³/mol. The number of aliphatic carboxylic acids is 1. The maximum absolute atomic E-state index is 11.1. The molecule has 3 aromatic carbocycles. The molecule has 32 heavy (non-hydrogen) atoms. The fraction of sp³-hybridized carbons (Fsp3) is 0.393. The number of piperidine rings is 1. The molecule has 0 aromatic heterocycles. The molecule has 1 heterocycles. The minimum atomic E-state index is -0.652. The number of likely N-dealkylation sites (tertiary alicyclic amines) is 1. The molecule has 3 aromatic rings. The molecule has 0 radical (unpaired) electrons. The lowest BCUT2D eigenvalue weighted by molar-refractivity contribution is -0.143. The first kappa shape index (κ1) is 22.3. The first-order valence-electron chi connectivity index (χ1n) is 11.8. The lowest BCUT2D eigenvalue weighted by atomic mass is 9.96. The van der Waals surface area contributed by atoms with E-state index in [2.05, 4.69) is 71.6 Å². The molecular formula is C28H33NO3. The van der Waals surface area contributed by atoms with Crippen LogP contribution in [-0.2, 0) is 17.8 Å². The van der Waals surface area contributed by atoms with Crippen LogP contribution in [0.2, 0.25) is 0 Å². The lowest BCUT2D eigenvalue weighted by Gasteiger charge is -2.30. The molecule has 1 saturated heterocycles. The highest BCUT2D eigenvalue weighted by molar-refractivity contribution is 5.84. The van der Waals surface area contributed by atoms with Crippen molar-refractivity contribution in [2.75, 3.05) is 19.7 Å². The Kier molecular flexibility index (Phi) is 7.78. The van der Waals surface area contributed by atoms with Crippen molar-refractivity contribution in [3.8, 4) is 5.75 Å². The first-order valence-corrected chi connectivity index (χ1v) is 11.8. The van der Waals surface area contributed by atoms with Crippen molar-refractivity contribution in [1.29, 1.82) is 0 Å². The minimum absolute atomic E-state index is 0.176. The predicted octanol–water partition coefficient (Wildman–Crippen LogP) is 5.93. The summed E-state index contributed by atoms with van der Waals surface area (Å²) in [5.74, 6) is 0.106. The van der Waals surface area contributed by atoms with Crippen molar-refractivity contribution in [3.05, 3.63) is 77.9 Å². The molecule has 1 aliphatic rings. The Labute approximate surface area is 190 Å². The van der Waals surface area contributed by atoms with E-state index >= 15 is 0 Å². The molecule has 0 unspecified atom stereocenters. The number of carboxylic acid groups (broad SMARTS) is 1. The zero-order valence-corrected chi connectivity index (χ0v) is 18.7. The van der Waals surface area contributed by atoms with Crippen LogP contribution in [0.3, 0.4) is 0 Å². The van der Waals surface area contributed by atoms with Gasteiger partial charge in [0.25, 0.3) is 0 Å². The second-order valence-electron chi connectivity index (χ2n) is 8.88. The number of ether oxygens (including phenoxy) is 1. The van der Waals surface area contributed by atoms with Gasteiger partial charge in [-0.05, 0) is 91.7 Å². The van der Waals surface area contributed by atoms with E-state index < -0.39 is 5.97 Å².